The van der Waals surface area contributed by atoms with E-state index >= 15 is 0 Å². The maximum atomic E-state index is 11.4. The molecule has 0 saturated carbocycles. The Kier molecular flexibility index (Phi) is 2.08. The quantitative estimate of drug-likeness (QED) is 0.731. The van der Waals surface area contributed by atoms with Gasteiger partial charge in [-0.2, -0.15) is 0 Å². The molecule has 1 aliphatic heterocycles. The highest BCUT2D eigenvalue weighted by Crippen LogP contribution is 2.27. The molecule has 1 aromatic rings. The van der Waals surface area contributed by atoms with Crippen LogP contribution in [0.5, 0.6) is 0 Å². The lowest BCUT2D eigenvalue weighted by atomic mass is 9.93. The summed E-state index contributed by atoms with van der Waals surface area (Å²) in [6, 6.07) is 1.84. The van der Waals surface area contributed by atoms with Gasteiger partial charge in [-0.25, -0.2) is 4.98 Å². The second-order valence-electron chi connectivity index (χ2n) is 3.57. The van der Waals surface area contributed by atoms with Crippen molar-refractivity contribution in [2.45, 2.75) is 18.9 Å². The highest BCUT2D eigenvalue weighted by molar-refractivity contribution is 9.10. The Bertz CT molecular complexity index is 404. The van der Waals surface area contributed by atoms with Crippen LogP contribution in [0, 0.1) is 0 Å². The van der Waals surface area contributed by atoms with E-state index in [9.17, 15) is 9.90 Å². The molecule has 74 valence electrons. The molecule has 0 saturated heterocycles. The Morgan fingerprint density at radius 3 is 3.14 bits per heavy atom. The van der Waals surface area contributed by atoms with Crippen LogP contribution in [-0.2, 0) is 11.2 Å². The summed E-state index contributed by atoms with van der Waals surface area (Å²) >= 11 is 3.29. The topological polar surface area (TPSA) is 62.2 Å². The summed E-state index contributed by atoms with van der Waals surface area (Å²) in [5, 5.41) is 12.3. The Hall–Kier alpha value is -0.940. The second kappa shape index (κ2) is 3.03. The molecule has 2 heterocycles. The summed E-state index contributed by atoms with van der Waals surface area (Å²) in [7, 11) is 0. The van der Waals surface area contributed by atoms with E-state index in [2.05, 4.69) is 26.2 Å². The molecular weight excluding hydrogens is 248 g/mol. The molecule has 5 heteroatoms. The number of amides is 1. The molecule has 2 rings (SSSR count). The van der Waals surface area contributed by atoms with Crippen molar-refractivity contribution in [3.8, 4) is 0 Å². The minimum atomic E-state index is -1.34. The number of nitrogens with zero attached hydrogens (tertiary/aromatic N) is 1. The van der Waals surface area contributed by atoms with Gasteiger partial charge < -0.3 is 10.4 Å². The molecule has 2 N–H and O–H groups in total. The maximum absolute atomic E-state index is 11.4. The van der Waals surface area contributed by atoms with Crippen LogP contribution >= 0.6 is 15.9 Å². The first-order valence-electron chi connectivity index (χ1n) is 4.17. The predicted octanol–water partition coefficient (Wildman–Crippen LogP) is 1.09. The van der Waals surface area contributed by atoms with Crippen molar-refractivity contribution < 1.29 is 9.90 Å². The van der Waals surface area contributed by atoms with Crippen LogP contribution in [0.3, 0.4) is 0 Å². The molecular formula is C9H9BrN2O2. The predicted molar refractivity (Wildman–Crippen MR) is 54.9 cm³/mol. The van der Waals surface area contributed by atoms with Gasteiger partial charge in [0.15, 0.2) is 0 Å². The van der Waals surface area contributed by atoms with Crippen molar-refractivity contribution in [2.24, 2.45) is 0 Å². The maximum Gasteiger partial charge on any atom is 0.257 e. The number of rotatable bonds is 0. The molecule has 0 spiro atoms. The minimum absolute atomic E-state index is 0.292. The number of halogens is 1. The van der Waals surface area contributed by atoms with Gasteiger partial charge in [-0.15, -0.1) is 0 Å². The average molecular weight is 257 g/mol. The van der Waals surface area contributed by atoms with Crippen LogP contribution in [0.1, 0.15) is 12.5 Å². The van der Waals surface area contributed by atoms with E-state index in [1.165, 1.54) is 6.92 Å². The third-order valence-electron chi connectivity index (χ3n) is 2.19. The van der Waals surface area contributed by atoms with Crippen LogP contribution in [0.4, 0.5) is 5.82 Å². The summed E-state index contributed by atoms with van der Waals surface area (Å²) < 4.78 is 0.836. The van der Waals surface area contributed by atoms with Gasteiger partial charge in [-0.3, -0.25) is 4.79 Å². The van der Waals surface area contributed by atoms with Gasteiger partial charge in [0.05, 0.1) is 0 Å². The van der Waals surface area contributed by atoms with Crippen molar-refractivity contribution in [1.82, 2.24) is 4.98 Å². The minimum Gasteiger partial charge on any atom is -0.380 e. The standard InChI is InChI=1S/C9H9BrN2O2/c1-9(14)3-5-2-6(10)4-11-7(5)12-8(9)13/h2,4,14H,3H2,1H3,(H,11,12,13). The van der Waals surface area contributed by atoms with Crippen LogP contribution in [0.15, 0.2) is 16.7 Å². The molecule has 0 aromatic carbocycles. The second-order valence-corrected chi connectivity index (χ2v) is 4.48. The van der Waals surface area contributed by atoms with Crippen LogP contribution < -0.4 is 5.32 Å². The molecule has 1 aliphatic rings. The summed E-state index contributed by atoms with van der Waals surface area (Å²) in [5.41, 5.74) is -0.501. The highest BCUT2D eigenvalue weighted by atomic mass is 79.9. The van der Waals surface area contributed by atoms with E-state index in [1.807, 2.05) is 6.07 Å². The number of anilines is 1. The number of aliphatic hydroxyl groups is 1. The van der Waals surface area contributed by atoms with E-state index in [-0.39, 0.29) is 0 Å². The Labute approximate surface area is 89.5 Å². The van der Waals surface area contributed by atoms with Crippen molar-refractivity contribution in [1.29, 1.82) is 0 Å². The molecule has 0 aliphatic carbocycles. The fourth-order valence-electron chi connectivity index (χ4n) is 1.42. The van der Waals surface area contributed by atoms with Gasteiger partial charge in [0.1, 0.15) is 11.4 Å². The van der Waals surface area contributed by atoms with Crippen molar-refractivity contribution in [2.75, 3.05) is 5.32 Å². The molecule has 14 heavy (non-hydrogen) atoms. The Morgan fingerprint density at radius 2 is 2.43 bits per heavy atom. The zero-order chi connectivity index (χ0) is 10.3. The first-order valence-corrected chi connectivity index (χ1v) is 4.96. The lowest BCUT2D eigenvalue weighted by Crippen LogP contribution is -2.45. The van der Waals surface area contributed by atoms with E-state index in [1.54, 1.807) is 6.20 Å². The van der Waals surface area contributed by atoms with Gasteiger partial charge in [0.2, 0.25) is 0 Å². The molecule has 1 aromatic heterocycles. The van der Waals surface area contributed by atoms with Gasteiger partial charge in [-0.05, 0) is 34.5 Å². The summed E-state index contributed by atoms with van der Waals surface area (Å²) in [4.78, 5) is 15.4. The van der Waals surface area contributed by atoms with Crippen molar-refractivity contribution in [3.05, 3.63) is 22.3 Å². The van der Waals surface area contributed by atoms with Crippen molar-refractivity contribution >= 4 is 27.7 Å². The fourth-order valence-corrected chi connectivity index (χ4v) is 1.80. The molecule has 1 unspecified atom stereocenters. The number of carbonyl (C=O) groups is 1. The molecule has 1 amide bonds. The SMILES string of the molecule is CC1(O)Cc2cc(Br)cnc2NC1=O. The summed E-state index contributed by atoms with van der Waals surface area (Å²) in [6.45, 7) is 1.49. The first kappa shape index (κ1) is 9.61. The number of fused-ring (bicyclic) bond motifs is 1. The molecule has 0 radical (unpaired) electrons. The third kappa shape index (κ3) is 1.53. The zero-order valence-electron chi connectivity index (χ0n) is 7.54. The van der Waals surface area contributed by atoms with E-state index in [0.717, 1.165) is 10.0 Å². The molecule has 1 atom stereocenters. The molecule has 0 fully saturated rings. The number of hydrogen-bond acceptors (Lipinski definition) is 3. The first-order chi connectivity index (χ1) is 6.49. The largest absolute Gasteiger partial charge is 0.380 e. The van der Waals surface area contributed by atoms with Gasteiger partial charge in [0.25, 0.3) is 5.91 Å². The fraction of sp³-hybridized carbons (Fsp3) is 0.333. The highest BCUT2D eigenvalue weighted by Gasteiger charge is 2.36. The lowest BCUT2D eigenvalue weighted by Gasteiger charge is -2.28. The van der Waals surface area contributed by atoms with E-state index < -0.39 is 11.5 Å². The summed E-state index contributed by atoms with van der Waals surface area (Å²) in [5.74, 6) is 0.129. The zero-order valence-corrected chi connectivity index (χ0v) is 9.13. The van der Waals surface area contributed by atoms with Gasteiger partial charge >= 0.3 is 0 Å². The Balaban J connectivity index is 2.46. The summed E-state index contributed by atoms with van der Waals surface area (Å²) in [6.07, 6.45) is 1.90. The number of pyridine rings is 1. The molecule has 4 nitrogen and oxygen atoms in total. The van der Waals surface area contributed by atoms with E-state index in [0.29, 0.717) is 12.2 Å². The normalized spacial score (nSPS) is 25.5. The number of aromatic nitrogens is 1. The average Bonchev–Trinajstić information content (AvgIpc) is 2.07. The number of nitrogens with one attached hydrogen (secondary N) is 1. The van der Waals surface area contributed by atoms with E-state index in [4.69, 9.17) is 0 Å². The lowest BCUT2D eigenvalue weighted by molar-refractivity contribution is -0.132. The monoisotopic (exact) mass is 256 g/mol. The van der Waals surface area contributed by atoms with Crippen LogP contribution in [-0.4, -0.2) is 21.6 Å². The smallest absolute Gasteiger partial charge is 0.257 e. The van der Waals surface area contributed by atoms with Crippen LogP contribution in [0.2, 0.25) is 0 Å². The molecule has 0 bridgehead atoms. The Morgan fingerprint density at radius 1 is 1.71 bits per heavy atom. The third-order valence-corrected chi connectivity index (χ3v) is 2.62. The van der Waals surface area contributed by atoms with Gasteiger partial charge in [-0.1, -0.05) is 0 Å². The van der Waals surface area contributed by atoms with Crippen LogP contribution in [0.25, 0.3) is 0 Å². The number of hydrogen-bond donors (Lipinski definition) is 2. The van der Waals surface area contributed by atoms with Crippen molar-refractivity contribution in [3.63, 3.8) is 0 Å². The van der Waals surface area contributed by atoms with Gasteiger partial charge in [0, 0.05) is 17.1 Å². The number of carbonyl (C=O) groups excluding carboxylic acids is 1.